The summed E-state index contributed by atoms with van der Waals surface area (Å²) in [5.74, 6) is 0.0527. The van der Waals surface area contributed by atoms with E-state index in [4.69, 9.17) is 14.3 Å². The zero-order valence-corrected chi connectivity index (χ0v) is 21.6. The number of benzene rings is 2. The van der Waals surface area contributed by atoms with Gasteiger partial charge in [-0.25, -0.2) is 4.68 Å². The molecule has 8 nitrogen and oxygen atoms in total. The lowest BCUT2D eigenvalue weighted by Gasteiger charge is -2.26. The Kier molecular flexibility index (Phi) is 7.23. The lowest BCUT2D eigenvalue weighted by Crippen LogP contribution is -2.42. The SMILES string of the molecule is CCCOc1ccc(-c2nn(-c3ccccc3)cc2/C=C2/C(=O)N(Cc3ccco3)C(=O)C(C#N)=C2C)cc1. The molecule has 5 rings (SSSR count). The minimum atomic E-state index is -0.642. The van der Waals surface area contributed by atoms with Crippen molar-refractivity contribution >= 4 is 17.9 Å². The van der Waals surface area contributed by atoms with Gasteiger partial charge in [0.15, 0.2) is 0 Å². The maximum atomic E-state index is 13.6. The normalized spacial score (nSPS) is 14.7. The van der Waals surface area contributed by atoms with Gasteiger partial charge in [0.05, 0.1) is 30.8 Å². The second-order valence-electron chi connectivity index (χ2n) is 9.03. The molecule has 1 aliphatic rings. The van der Waals surface area contributed by atoms with Crippen molar-refractivity contribution in [2.24, 2.45) is 0 Å². The predicted octanol–water partition coefficient (Wildman–Crippen LogP) is 5.71. The van der Waals surface area contributed by atoms with Crippen molar-refractivity contribution in [2.45, 2.75) is 26.8 Å². The molecule has 0 spiro atoms. The molecule has 194 valence electrons. The summed E-state index contributed by atoms with van der Waals surface area (Å²) < 4.78 is 12.8. The quantitative estimate of drug-likeness (QED) is 0.219. The van der Waals surface area contributed by atoms with Crippen LogP contribution in [0.5, 0.6) is 5.75 Å². The molecule has 0 radical (unpaired) electrons. The Morgan fingerprint density at radius 3 is 2.46 bits per heavy atom. The number of carbonyl (C=O) groups excluding carboxylic acids is 2. The molecule has 0 saturated heterocycles. The summed E-state index contributed by atoms with van der Waals surface area (Å²) in [4.78, 5) is 27.7. The van der Waals surface area contributed by atoms with Crippen LogP contribution < -0.4 is 4.74 Å². The summed E-state index contributed by atoms with van der Waals surface area (Å²) in [5, 5.41) is 14.6. The predicted molar refractivity (Wildman–Crippen MR) is 145 cm³/mol. The van der Waals surface area contributed by atoms with Gasteiger partial charge in [-0.05, 0) is 73.5 Å². The highest BCUT2D eigenvalue weighted by molar-refractivity contribution is 6.19. The summed E-state index contributed by atoms with van der Waals surface area (Å²) >= 11 is 0. The van der Waals surface area contributed by atoms with Crippen LogP contribution in [-0.2, 0) is 16.1 Å². The molecule has 0 unspecified atom stereocenters. The van der Waals surface area contributed by atoms with E-state index < -0.39 is 11.8 Å². The zero-order valence-electron chi connectivity index (χ0n) is 21.6. The fourth-order valence-electron chi connectivity index (χ4n) is 4.35. The van der Waals surface area contributed by atoms with Crippen molar-refractivity contribution in [3.63, 3.8) is 0 Å². The van der Waals surface area contributed by atoms with Crippen LogP contribution in [-0.4, -0.2) is 33.1 Å². The average molecular weight is 519 g/mol. The smallest absolute Gasteiger partial charge is 0.272 e. The number of aromatic nitrogens is 2. The first-order chi connectivity index (χ1) is 19.0. The highest BCUT2D eigenvalue weighted by atomic mass is 16.5. The minimum absolute atomic E-state index is 0.0736. The third kappa shape index (κ3) is 5.15. The van der Waals surface area contributed by atoms with E-state index in [1.807, 2.05) is 73.8 Å². The number of nitrogens with zero attached hydrogens (tertiary/aromatic N) is 4. The molecule has 0 bridgehead atoms. The van der Waals surface area contributed by atoms with Crippen molar-refractivity contribution in [1.82, 2.24) is 14.7 Å². The Hall–Kier alpha value is -5.16. The van der Waals surface area contributed by atoms with Gasteiger partial charge in [-0.15, -0.1) is 0 Å². The Balaban J connectivity index is 1.62. The van der Waals surface area contributed by atoms with Gasteiger partial charge in [-0.3, -0.25) is 14.5 Å². The van der Waals surface area contributed by atoms with Gasteiger partial charge < -0.3 is 9.15 Å². The van der Waals surface area contributed by atoms with Crippen LogP contribution in [0.2, 0.25) is 0 Å². The van der Waals surface area contributed by atoms with E-state index in [2.05, 4.69) is 0 Å². The van der Waals surface area contributed by atoms with Crippen LogP contribution in [0.25, 0.3) is 23.0 Å². The van der Waals surface area contributed by atoms with Crippen molar-refractivity contribution in [2.75, 3.05) is 6.61 Å². The van der Waals surface area contributed by atoms with Crippen molar-refractivity contribution in [1.29, 1.82) is 5.26 Å². The van der Waals surface area contributed by atoms with Crippen LogP contribution >= 0.6 is 0 Å². The molecule has 0 aliphatic carbocycles. The number of amides is 2. The standard InChI is InChI=1S/C31H26N4O4/c1-3-15-38-25-13-11-22(12-14-25)29-23(19-35(33-29)24-8-5-4-6-9-24)17-27-21(2)28(18-32)31(37)34(30(27)36)20-26-10-7-16-39-26/h4-14,16-17,19H,3,15,20H2,1-2H3/b27-17+. The number of hydrogen-bond acceptors (Lipinski definition) is 6. The first kappa shape index (κ1) is 25.5. The van der Waals surface area contributed by atoms with Crippen molar-refractivity contribution in [3.05, 3.63) is 107 Å². The molecular formula is C31H26N4O4. The molecule has 2 aromatic carbocycles. The Morgan fingerprint density at radius 1 is 1.03 bits per heavy atom. The molecular weight excluding hydrogens is 492 g/mol. The fraction of sp³-hybridized carbons (Fsp3) is 0.161. The zero-order chi connectivity index (χ0) is 27.4. The Morgan fingerprint density at radius 2 is 1.79 bits per heavy atom. The fourth-order valence-corrected chi connectivity index (χ4v) is 4.35. The first-order valence-electron chi connectivity index (χ1n) is 12.6. The molecule has 4 aromatic rings. The minimum Gasteiger partial charge on any atom is -0.494 e. The second kappa shape index (κ2) is 11.1. The molecule has 2 amide bonds. The van der Waals surface area contributed by atoms with Crippen LogP contribution in [0.3, 0.4) is 0 Å². The van der Waals surface area contributed by atoms with Crippen molar-refractivity contribution < 1.29 is 18.7 Å². The van der Waals surface area contributed by atoms with Gasteiger partial charge in [0, 0.05) is 22.9 Å². The topological polar surface area (TPSA) is 101 Å². The number of furan rings is 1. The average Bonchev–Trinajstić information content (AvgIpc) is 3.64. The number of hydrogen-bond donors (Lipinski definition) is 0. The molecule has 2 aromatic heterocycles. The highest BCUT2D eigenvalue weighted by Crippen LogP contribution is 2.32. The lowest BCUT2D eigenvalue weighted by atomic mass is 9.93. The molecule has 0 saturated carbocycles. The lowest BCUT2D eigenvalue weighted by molar-refractivity contribution is -0.141. The van der Waals surface area contributed by atoms with Gasteiger partial charge in [0.2, 0.25) is 0 Å². The largest absolute Gasteiger partial charge is 0.494 e. The maximum Gasteiger partial charge on any atom is 0.272 e. The van der Waals surface area contributed by atoms with Gasteiger partial charge >= 0.3 is 0 Å². The van der Waals surface area contributed by atoms with E-state index in [0.29, 0.717) is 29.2 Å². The molecule has 3 heterocycles. The van der Waals surface area contributed by atoms with E-state index in [1.54, 1.807) is 29.8 Å². The second-order valence-corrected chi connectivity index (χ2v) is 9.03. The summed E-state index contributed by atoms with van der Waals surface area (Å²) in [6.45, 7) is 4.22. The molecule has 0 fully saturated rings. The summed E-state index contributed by atoms with van der Waals surface area (Å²) in [7, 11) is 0. The van der Waals surface area contributed by atoms with Gasteiger partial charge in [-0.1, -0.05) is 25.1 Å². The maximum absolute atomic E-state index is 13.6. The number of para-hydroxylation sites is 1. The van der Waals surface area contributed by atoms with E-state index in [-0.39, 0.29) is 17.7 Å². The molecule has 1 aliphatic heterocycles. The Labute approximate surface area is 226 Å². The Bertz CT molecular complexity index is 1610. The number of carbonyl (C=O) groups is 2. The van der Waals surface area contributed by atoms with E-state index in [9.17, 15) is 14.9 Å². The van der Waals surface area contributed by atoms with Gasteiger partial charge in [-0.2, -0.15) is 10.4 Å². The summed E-state index contributed by atoms with van der Waals surface area (Å²) in [6.07, 6.45) is 5.91. The first-order valence-corrected chi connectivity index (χ1v) is 12.6. The van der Waals surface area contributed by atoms with E-state index in [1.165, 1.54) is 6.26 Å². The number of rotatable bonds is 8. The van der Waals surface area contributed by atoms with Crippen LogP contribution in [0.1, 0.15) is 31.6 Å². The monoisotopic (exact) mass is 518 g/mol. The van der Waals surface area contributed by atoms with Crippen molar-refractivity contribution in [3.8, 4) is 28.8 Å². The molecule has 39 heavy (non-hydrogen) atoms. The van der Waals surface area contributed by atoms with E-state index >= 15 is 0 Å². The number of ether oxygens (including phenoxy) is 1. The van der Waals surface area contributed by atoms with Crippen LogP contribution in [0.4, 0.5) is 0 Å². The molecule has 0 atom stereocenters. The summed E-state index contributed by atoms with van der Waals surface area (Å²) in [6, 6.07) is 22.6. The number of nitriles is 1. The van der Waals surface area contributed by atoms with Crippen LogP contribution in [0, 0.1) is 11.3 Å². The van der Waals surface area contributed by atoms with E-state index in [0.717, 1.165) is 28.3 Å². The van der Waals surface area contributed by atoms with Crippen LogP contribution in [0.15, 0.2) is 100 Å². The summed E-state index contributed by atoms with van der Waals surface area (Å²) in [5.41, 5.74) is 3.46. The molecule has 0 N–H and O–H groups in total. The van der Waals surface area contributed by atoms with Gasteiger partial charge in [0.25, 0.3) is 11.8 Å². The third-order valence-electron chi connectivity index (χ3n) is 6.38. The number of imide groups is 1. The highest BCUT2D eigenvalue weighted by Gasteiger charge is 2.36. The molecule has 8 heteroatoms. The van der Waals surface area contributed by atoms with Gasteiger partial charge in [0.1, 0.15) is 23.2 Å². The third-order valence-corrected chi connectivity index (χ3v) is 6.38.